The maximum Gasteiger partial charge on any atom is 0.253 e. The van der Waals surface area contributed by atoms with Crippen LogP contribution in [0.25, 0.3) is 0 Å². The van der Waals surface area contributed by atoms with Gasteiger partial charge in [-0.05, 0) is 26.3 Å². The van der Waals surface area contributed by atoms with E-state index in [1.54, 1.807) is 0 Å². The molecule has 1 aliphatic carbocycles. The number of aliphatic hydroxyl groups excluding tert-OH is 1. The van der Waals surface area contributed by atoms with Crippen molar-refractivity contribution in [2.45, 2.75) is 58.6 Å². The molecule has 2 rings (SSSR count). The van der Waals surface area contributed by atoms with Crippen LogP contribution in [0.3, 0.4) is 0 Å². The molecule has 16 heavy (non-hydrogen) atoms. The minimum Gasteiger partial charge on any atom is -0.378 e. The number of aliphatic hydroxyl groups is 1. The Morgan fingerprint density at radius 3 is 2.50 bits per heavy atom. The van der Waals surface area contributed by atoms with Gasteiger partial charge in [0.2, 0.25) is 0 Å². The van der Waals surface area contributed by atoms with Crippen molar-refractivity contribution in [1.82, 2.24) is 5.32 Å². The first-order valence-electron chi connectivity index (χ1n) is 5.89. The second-order valence-electron chi connectivity index (χ2n) is 5.59. The third kappa shape index (κ3) is 2.15. The standard InChI is InChI=1S/C12H21NO3/c1-8(2)13-10(14)11(3,4)9-5-6-12(7-9)15-16-12/h7-8,10,13-14H,5-6H2,1-4H3. The Balaban J connectivity index is 2.06. The normalized spacial score (nSPS) is 25.0. The van der Waals surface area contributed by atoms with E-state index in [9.17, 15) is 5.11 Å². The van der Waals surface area contributed by atoms with Crippen molar-refractivity contribution in [2.24, 2.45) is 5.41 Å². The lowest BCUT2D eigenvalue weighted by molar-refractivity contribution is 0.0354. The summed E-state index contributed by atoms with van der Waals surface area (Å²) in [5.41, 5.74) is 0.911. The van der Waals surface area contributed by atoms with E-state index in [4.69, 9.17) is 9.78 Å². The van der Waals surface area contributed by atoms with E-state index in [-0.39, 0.29) is 11.5 Å². The summed E-state index contributed by atoms with van der Waals surface area (Å²) in [4.78, 5) is 9.93. The topological polar surface area (TPSA) is 57.3 Å². The van der Waals surface area contributed by atoms with Crippen molar-refractivity contribution >= 4 is 0 Å². The lowest BCUT2D eigenvalue weighted by atomic mass is 9.81. The molecular weight excluding hydrogens is 206 g/mol. The maximum atomic E-state index is 10.2. The first kappa shape index (κ1) is 12.0. The van der Waals surface area contributed by atoms with Crippen molar-refractivity contribution in [2.75, 3.05) is 0 Å². The van der Waals surface area contributed by atoms with Crippen LogP contribution in [0.15, 0.2) is 11.6 Å². The molecule has 0 aromatic heterocycles. The van der Waals surface area contributed by atoms with Gasteiger partial charge in [0.15, 0.2) is 0 Å². The highest BCUT2D eigenvalue weighted by molar-refractivity contribution is 5.24. The van der Waals surface area contributed by atoms with Crippen molar-refractivity contribution in [3.8, 4) is 0 Å². The van der Waals surface area contributed by atoms with Gasteiger partial charge < -0.3 is 5.11 Å². The molecule has 0 radical (unpaired) electrons. The summed E-state index contributed by atoms with van der Waals surface area (Å²) in [6.07, 6.45) is 3.25. The van der Waals surface area contributed by atoms with Gasteiger partial charge in [0.05, 0.1) is 0 Å². The fourth-order valence-electron chi connectivity index (χ4n) is 2.11. The average Bonchev–Trinajstić information content (AvgIpc) is 2.74. The van der Waals surface area contributed by atoms with Crippen LogP contribution in [0.4, 0.5) is 0 Å². The van der Waals surface area contributed by atoms with Crippen molar-refractivity contribution in [3.05, 3.63) is 11.6 Å². The molecule has 1 fully saturated rings. The van der Waals surface area contributed by atoms with Crippen molar-refractivity contribution in [1.29, 1.82) is 0 Å². The van der Waals surface area contributed by atoms with Crippen LogP contribution < -0.4 is 5.32 Å². The predicted molar refractivity (Wildman–Crippen MR) is 60.3 cm³/mol. The van der Waals surface area contributed by atoms with Gasteiger partial charge >= 0.3 is 0 Å². The van der Waals surface area contributed by atoms with Gasteiger partial charge in [0.25, 0.3) is 5.79 Å². The first-order valence-corrected chi connectivity index (χ1v) is 5.89. The number of rotatable bonds is 4. The summed E-state index contributed by atoms with van der Waals surface area (Å²) < 4.78 is 0. The predicted octanol–water partition coefficient (Wildman–Crippen LogP) is 1.71. The molecule has 1 aliphatic heterocycles. The minimum atomic E-state index is -0.548. The second-order valence-corrected chi connectivity index (χ2v) is 5.59. The fraction of sp³-hybridized carbons (Fsp3) is 0.833. The highest BCUT2D eigenvalue weighted by atomic mass is 17.4. The van der Waals surface area contributed by atoms with Crippen LogP contribution >= 0.6 is 0 Å². The SMILES string of the molecule is CC(C)NC(O)C(C)(C)C1=CC2(CC1)OO2. The Hall–Kier alpha value is -0.420. The molecule has 1 unspecified atom stereocenters. The van der Waals surface area contributed by atoms with Gasteiger partial charge in [-0.2, -0.15) is 9.78 Å². The monoisotopic (exact) mass is 227 g/mol. The van der Waals surface area contributed by atoms with Crippen LogP contribution in [0.5, 0.6) is 0 Å². The molecule has 92 valence electrons. The Labute approximate surface area is 96.6 Å². The van der Waals surface area contributed by atoms with Crippen LogP contribution in [0.1, 0.15) is 40.5 Å². The van der Waals surface area contributed by atoms with Crippen LogP contribution in [0, 0.1) is 5.41 Å². The molecule has 0 saturated carbocycles. The molecule has 2 N–H and O–H groups in total. The molecule has 2 aliphatic rings. The summed E-state index contributed by atoms with van der Waals surface area (Å²) in [6.45, 7) is 8.13. The molecule has 0 aromatic rings. The highest BCUT2D eigenvalue weighted by Gasteiger charge is 2.52. The third-order valence-electron chi connectivity index (χ3n) is 3.44. The number of hydrogen-bond donors (Lipinski definition) is 2. The average molecular weight is 227 g/mol. The molecule has 0 amide bonds. The zero-order valence-electron chi connectivity index (χ0n) is 10.4. The summed E-state index contributed by atoms with van der Waals surface area (Å²) >= 11 is 0. The van der Waals surface area contributed by atoms with Crippen LogP contribution in [-0.2, 0) is 9.78 Å². The Bertz CT molecular complexity index is 305. The molecule has 0 aromatic carbocycles. The molecule has 0 bridgehead atoms. The molecular formula is C12H21NO3. The van der Waals surface area contributed by atoms with Crippen molar-refractivity contribution in [3.63, 3.8) is 0 Å². The Morgan fingerprint density at radius 2 is 2.06 bits per heavy atom. The molecule has 4 nitrogen and oxygen atoms in total. The van der Waals surface area contributed by atoms with Gasteiger partial charge in [-0.3, -0.25) is 5.32 Å². The Morgan fingerprint density at radius 1 is 1.44 bits per heavy atom. The van der Waals surface area contributed by atoms with Crippen LogP contribution in [0.2, 0.25) is 0 Å². The van der Waals surface area contributed by atoms with Gasteiger partial charge in [0, 0.05) is 17.9 Å². The quantitative estimate of drug-likeness (QED) is 0.332. The van der Waals surface area contributed by atoms with Gasteiger partial charge in [-0.1, -0.05) is 19.4 Å². The number of hydrogen-bond acceptors (Lipinski definition) is 4. The van der Waals surface area contributed by atoms with E-state index in [1.807, 2.05) is 33.8 Å². The zero-order valence-corrected chi connectivity index (χ0v) is 10.4. The Kier molecular flexibility index (Phi) is 2.87. The van der Waals surface area contributed by atoms with E-state index >= 15 is 0 Å². The lowest BCUT2D eigenvalue weighted by Crippen LogP contribution is -2.45. The van der Waals surface area contributed by atoms with Gasteiger partial charge in [-0.25, -0.2) is 0 Å². The molecule has 4 heteroatoms. The van der Waals surface area contributed by atoms with E-state index in [1.165, 1.54) is 5.57 Å². The molecule has 1 saturated heterocycles. The molecule has 1 atom stereocenters. The molecule has 1 spiro atoms. The largest absolute Gasteiger partial charge is 0.378 e. The van der Waals surface area contributed by atoms with Gasteiger partial charge in [-0.15, -0.1) is 0 Å². The molecule has 1 heterocycles. The minimum absolute atomic E-state index is 0.263. The lowest BCUT2D eigenvalue weighted by Gasteiger charge is -2.33. The van der Waals surface area contributed by atoms with Gasteiger partial charge in [0.1, 0.15) is 6.23 Å². The van der Waals surface area contributed by atoms with E-state index in [0.29, 0.717) is 0 Å². The highest BCUT2D eigenvalue weighted by Crippen LogP contribution is 2.48. The number of nitrogens with one attached hydrogen (secondary N) is 1. The fourth-order valence-corrected chi connectivity index (χ4v) is 2.11. The zero-order chi connectivity index (χ0) is 12.0. The van der Waals surface area contributed by atoms with Crippen LogP contribution in [-0.4, -0.2) is 23.2 Å². The summed E-state index contributed by atoms with van der Waals surface area (Å²) in [5, 5.41) is 13.3. The van der Waals surface area contributed by atoms with Crippen molar-refractivity contribution < 1.29 is 14.9 Å². The van der Waals surface area contributed by atoms with E-state index in [2.05, 4.69) is 5.32 Å². The summed E-state index contributed by atoms with van der Waals surface area (Å²) in [6, 6.07) is 0.263. The second kappa shape index (κ2) is 3.81. The third-order valence-corrected chi connectivity index (χ3v) is 3.44. The summed E-state index contributed by atoms with van der Waals surface area (Å²) in [7, 11) is 0. The smallest absolute Gasteiger partial charge is 0.253 e. The summed E-state index contributed by atoms with van der Waals surface area (Å²) in [5.74, 6) is -0.454. The van der Waals surface area contributed by atoms with E-state index in [0.717, 1.165) is 12.8 Å². The maximum absolute atomic E-state index is 10.2. The van der Waals surface area contributed by atoms with E-state index < -0.39 is 12.0 Å². The first-order chi connectivity index (χ1) is 7.36.